The summed E-state index contributed by atoms with van der Waals surface area (Å²) in [6.45, 7) is 0. The lowest BCUT2D eigenvalue weighted by Crippen LogP contribution is -2.72. The Morgan fingerprint density at radius 2 is 0.840 bits per heavy atom. The van der Waals surface area contributed by atoms with Crippen molar-refractivity contribution in [1.82, 2.24) is 0 Å². The molecule has 1 unspecified atom stereocenters. The molecule has 0 aromatic carbocycles. The Bertz CT molecular complexity index is 548. The van der Waals surface area contributed by atoms with Gasteiger partial charge >= 0.3 is 47.7 Å². The van der Waals surface area contributed by atoms with E-state index in [1.807, 2.05) is 0 Å². The van der Waals surface area contributed by atoms with Crippen LogP contribution >= 0.6 is 0 Å². The summed E-state index contributed by atoms with van der Waals surface area (Å²) in [6.07, 6.45) is -13.1. The highest BCUT2D eigenvalue weighted by atomic mass is 19.4. The van der Waals surface area contributed by atoms with Gasteiger partial charge in [0.1, 0.15) is 0 Å². The van der Waals surface area contributed by atoms with E-state index >= 15 is 0 Å². The van der Waals surface area contributed by atoms with Crippen LogP contribution in [0.3, 0.4) is 0 Å². The van der Waals surface area contributed by atoms with Gasteiger partial charge in [0.25, 0.3) is 0 Å². The summed E-state index contributed by atoms with van der Waals surface area (Å²) < 4.78 is 191. The number of aliphatic hydroxyl groups is 1. The molecule has 150 valence electrons. The number of epoxide rings is 1. The Morgan fingerprint density at radius 3 is 1.08 bits per heavy atom. The Balaban J connectivity index is 3.50. The van der Waals surface area contributed by atoms with Crippen LogP contribution in [0.25, 0.3) is 0 Å². The molecule has 1 fully saturated rings. The summed E-state index contributed by atoms with van der Waals surface area (Å²) in [6, 6.07) is 0. The van der Waals surface area contributed by atoms with E-state index in [0.717, 1.165) is 0 Å². The lowest BCUT2D eigenvalue weighted by molar-refractivity contribution is -0.457. The van der Waals surface area contributed by atoms with E-state index in [9.17, 15) is 65.9 Å². The van der Waals surface area contributed by atoms with Crippen molar-refractivity contribution in [3.63, 3.8) is 0 Å². The van der Waals surface area contributed by atoms with Gasteiger partial charge in [-0.1, -0.05) is 0 Å². The second kappa shape index (κ2) is 4.77. The van der Waals surface area contributed by atoms with Crippen LogP contribution in [0.2, 0.25) is 0 Å². The van der Waals surface area contributed by atoms with Crippen LogP contribution in [0, 0.1) is 0 Å². The Labute approximate surface area is 125 Å². The number of ether oxygens (including phenoxy) is 1. The first-order valence-electron chi connectivity index (χ1n) is 5.22. The fourth-order valence-corrected chi connectivity index (χ4v) is 1.38. The topological polar surface area (TPSA) is 32.8 Å². The summed E-state index contributed by atoms with van der Waals surface area (Å²) >= 11 is 0. The van der Waals surface area contributed by atoms with Crippen molar-refractivity contribution >= 4 is 0 Å². The van der Waals surface area contributed by atoms with Crippen LogP contribution in [-0.2, 0) is 4.74 Å². The fourth-order valence-electron chi connectivity index (χ4n) is 1.38. The maximum absolute atomic E-state index is 13.0. The molecule has 1 saturated heterocycles. The highest BCUT2D eigenvalue weighted by Gasteiger charge is 3.00. The first-order chi connectivity index (χ1) is 10.5. The van der Waals surface area contributed by atoms with E-state index in [4.69, 9.17) is 5.11 Å². The van der Waals surface area contributed by atoms with Crippen LogP contribution in [-0.4, -0.2) is 52.8 Å². The summed E-state index contributed by atoms with van der Waals surface area (Å²) in [5.74, 6) is -46.3. The molecular weight excluding hydrogens is 413 g/mol. The van der Waals surface area contributed by atoms with Gasteiger partial charge in [-0.15, -0.1) is 0 Å². The SMILES string of the molecule is OC(F)(F)C(F)(F)C(F)(F)C(F)(F)C(F)(F)C(F)(F)C1(F)OC1(F)F. The minimum absolute atomic E-state index is 2.11. The summed E-state index contributed by atoms with van der Waals surface area (Å²) in [4.78, 5) is 0. The van der Waals surface area contributed by atoms with Crippen molar-refractivity contribution in [2.45, 2.75) is 47.7 Å². The average Bonchev–Trinajstić information content (AvgIpc) is 2.87. The molecule has 0 amide bonds. The standard InChI is InChI=1S/C8HF15O2/c9-1(10,3(13,14)5(17,18)7(20,21)24)2(11,12)4(15,16)6(19)8(22,23)25-6/h24H. The van der Waals surface area contributed by atoms with Gasteiger partial charge in [-0.25, -0.2) is 0 Å². The molecule has 0 radical (unpaired) electrons. The average molecular weight is 414 g/mol. The van der Waals surface area contributed by atoms with Crippen LogP contribution in [0.5, 0.6) is 0 Å². The lowest BCUT2D eigenvalue weighted by Gasteiger charge is -2.40. The largest absolute Gasteiger partial charge is 0.424 e. The van der Waals surface area contributed by atoms with Gasteiger partial charge in [0.2, 0.25) is 0 Å². The monoisotopic (exact) mass is 414 g/mol. The quantitative estimate of drug-likeness (QED) is 0.526. The third-order valence-corrected chi connectivity index (χ3v) is 2.96. The normalized spacial score (nSPS) is 25.9. The number of hydrogen-bond donors (Lipinski definition) is 1. The van der Waals surface area contributed by atoms with Crippen LogP contribution in [0.1, 0.15) is 0 Å². The highest BCUT2D eigenvalue weighted by molar-refractivity contribution is 5.18. The van der Waals surface area contributed by atoms with Crippen molar-refractivity contribution in [1.29, 1.82) is 0 Å². The molecule has 0 aromatic rings. The second-order valence-corrected chi connectivity index (χ2v) is 4.63. The number of rotatable bonds is 6. The van der Waals surface area contributed by atoms with Gasteiger partial charge in [-0.05, 0) is 0 Å². The molecule has 1 N–H and O–H groups in total. The number of alkyl halides is 15. The van der Waals surface area contributed by atoms with Gasteiger partial charge in [-0.2, -0.15) is 65.9 Å². The third kappa shape index (κ3) is 2.30. The molecule has 1 aliphatic rings. The molecule has 1 rings (SSSR count). The van der Waals surface area contributed by atoms with E-state index in [1.54, 1.807) is 0 Å². The molecule has 1 heterocycles. The molecular formula is C8HF15O2. The van der Waals surface area contributed by atoms with Crippen molar-refractivity contribution in [2.24, 2.45) is 0 Å². The van der Waals surface area contributed by atoms with Gasteiger partial charge in [0.15, 0.2) is 0 Å². The molecule has 17 heteroatoms. The van der Waals surface area contributed by atoms with E-state index in [2.05, 4.69) is 4.74 Å². The summed E-state index contributed by atoms with van der Waals surface area (Å²) in [5, 5.41) is 7.42. The molecule has 1 atom stereocenters. The number of halogens is 15. The van der Waals surface area contributed by atoms with Gasteiger partial charge in [0.05, 0.1) is 0 Å². The number of hydrogen-bond acceptors (Lipinski definition) is 2. The maximum atomic E-state index is 13.0. The Kier molecular flexibility index (Phi) is 4.18. The van der Waals surface area contributed by atoms with Crippen LogP contribution in [0.15, 0.2) is 0 Å². The maximum Gasteiger partial charge on any atom is 0.424 e. The molecule has 0 saturated carbocycles. The zero-order valence-electron chi connectivity index (χ0n) is 10.5. The Hall–Kier alpha value is -1.13. The predicted octanol–water partition coefficient (Wildman–Crippen LogP) is 4.04. The van der Waals surface area contributed by atoms with Crippen LogP contribution < -0.4 is 0 Å². The third-order valence-electron chi connectivity index (χ3n) is 2.96. The van der Waals surface area contributed by atoms with E-state index < -0.39 is 47.7 Å². The molecule has 1 aliphatic heterocycles. The van der Waals surface area contributed by atoms with Gasteiger partial charge < -0.3 is 5.11 Å². The first kappa shape index (κ1) is 21.9. The van der Waals surface area contributed by atoms with E-state index in [0.29, 0.717) is 0 Å². The summed E-state index contributed by atoms with van der Waals surface area (Å²) in [5.41, 5.74) is 0. The fraction of sp³-hybridized carbons (Fsp3) is 1.00. The smallest absolute Gasteiger partial charge is 0.331 e. The van der Waals surface area contributed by atoms with Crippen molar-refractivity contribution in [2.75, 3.05) is 0 Å². The highest BCUT2D eigenvalue weighted by Crippen LogP contribution is 2.68. The predicted molar refractivity (Wildman–Crippen MR) is 41.8 cm³/mol. The van der Waals surface area contributed by atoms with E-state index in [1.165, 1.54) is 0 Å². The van der Waals surface area contributed by atoms with E-state index in [-0.39, 0.29) is 0 Å². The van der Waals surface area contributed by atoms with Gasteiger partial charge in [-0.3, -0.25) is 4.74 Å². The zero-order valence-corrected chi connectivity index (χ0v) is 10.5. The molecule has 25 heavy (non-hydrogen) atoms. The molecule has 2 nitrogen and oxygen atoms in total. The van der Waals surface area contributed by atoms with Crippen molar-refractivity contribution in [3.8, 4) is 0 Å². The van der Waals surface area contributed by atoms with Crippen molar-refractivity contribution < 1.29 is 75.7 Å². The van der Waals surface area contributed by atoms with Crippen molar-refractivity contribution in [3.05, 3.63) is 0 Å². The lowest BCUT2D eigenvalue weighted by atomic mass is 9.91. The minimum atomic E-state index is -8.28. The summed E-state index contributed by atoms with van der Waals surface area (Å²) in [7, 11) is 0. The van der Waals surface area contributed by atoms with Crippen LogP contribution in [0.4, 0.5) is 65.9 Å². The Morgan fingerprint density at radius 1 is 0.560 bits per heavy atom. The molecule has 0 bridgehead atoms. The molecule has 0 aromatic heterocycles. The second-order valence-electron chi connectivity index (χ2n) is 4.63. The first-order valence-corrected chi connectivity index (χ1v) is 5.22. The molecule has 0 spiro atoms. The zero-order chi connectivity index (χ0) is 20.7. The van der Waals surface area contributed by atoms with Gasteiger partial charge in [0, 0.05) is 0 Å². The minimum Gasteiger partial charge on any atom is -0.331 e. The molecule has 0 aliphatic carbocycles.